The lowest BCUT2D eigenvalue weighted by molar-refractivity contribution is -0.384. The van der Waals surface area contributed by atoms with Crippen molar-refractivity contribution in [2.24, 2.45) is 5.73 Å². The van der Waals surface area contributed by atoms with Crippen molar-refractivity contribution < 1.29 is 14.5 Å². The van der Waals surface area contributed by atoms with Gasteiger partial charge in [-0.1, -0.05) is 25.7 Å². The highest BCUT2D eigenvalue weighted by molar-refractivity contribution is 9.10. The molecule has 2 rings (SSSR count). The molecule has 1 aromatic carbocycles. The Hall–Kier alpha value is -1.61. The van der Waals surface area contributed by atoms with Crippen LogP contribution in [-0.4, -0.2) is 37.8 Å². The molecule has 9 heteroatoms. The highest BCUT2D eigenvalue weighted by atomic mass is 79.9. The Kier molecular flexibility index (Phi) is 6.10. The summed E-state index contributed by atoms with van der Waals surface area (Å²) in [5.41, 5.74) is 6.15. The molecule has 1 aromatic rings. The van der Waals surface area contributed by atoms with Gasteiger partial charge in [0.15, 0.2) is 0 Å². The summed E-state index contributed by atoms with van der Waals surface area (Å²) in [5, 5.41) is 10.9. The molecule has 7 nitrogen and oxygen atoms in total. The van der Waals surface area contributed by atoms with Gasteiger partial charge in [0.05, 0.1) is 16.7 Å². The SMILES string of the molecule is C[Si](C)(C)CCC1C(OC(N)=O)CCN1c1ccc([N+](=O)[O-])cc1Br. The molecule has 2 atom stereocenters. The number of ether oxygens (including phenoxy) is 1. The zero-order valence-electron chi connectivity index (χ0n) is 14.7. The summed E-state index contributed by atoms with van der Waals surface area (Å²) in [7, 11) is -1.26. The van der Waals surface area contributed by atoms with Gasteiger partial charge in [-0.3, -0.25) is 10.1 Å². The molecule has 1 amide bonds. The highest BCUT2D eigenvalue weighted by Gasteiger charge is 2.38. The number of benzene rings is 1. The van der Waals surface area contributed by atoms with E-state index >= 15 is 0 Å². The molecule has 0 aromatic heterocycles. The topological polar surface area (TPSA) is 98.7 Å². The molecule has 0 bridgehead atoms. The van der Waals surface area contributed by atoms with E-state index in [1.165, 1.54) is 12.1 Å². The first-order valence-electron chi connectivity index (χ1n) is 8.25. The average Bonchev–Trinajstić information content (AvgIpc) is 2.86. The maximum atomic E-state index is 11.2. The van der Waals surface area contributed by atoms with Crippen LogP contribution >= 0.6 is 15.9 Å². The number of hydrogen-bond donors (Lipinski definition) is 1. The van der Waals surface area contributed by atoms with E-state index in [1.54, 1.807) is 6.07 Å². The molecule has 25 heavy (non-hydrogen) atoms. The van der Waals surface area contributed by atoms with Crippen molar-refractivity contribution >= 4 is 41.5 Å². The molecule has 1 heterocycles. The number of nitro groups is 1. The van der Waals surface area contributed by atoms with Crippen LogP contribution in [-0.2, 0) is 4.74 Å². The fourth-order valence-electron chi connectivity index (χ4n) is 3.18. The fraction of sp³-hybridized carbons (Fsp3) is 0.562. The van der Waals surface area contributed by atoms with Crippen LogP contribution in [0.4, 0.5) is 16.2 Å². The van der Waals surface area contributed by atoms with Crippen molar-refractivity contribution in [1.82, 2.24) is 0 Å². The van der Waals surface area contributed by atoms with Crippen molar-refractivity contribution in [3.8, 4) is 0 Å². The lowest BCUT2D eigenvalue weighted by Crippen LogP contribution is -2.40. The highest BCUT2D eigenvalue weighted by Crippen LogP contribution is 2.37. The van der Waals surface area contributed by atoms with Gasteiger partial charge < -0.3 is 15.4 Å². The first-order chi connectivity index (χ1) is 11.6. The number of primary amides is 1. The van der Waals surface area contributed by atoms with Gasteiger partial charge in [-0.05, 0) is 28.4 Å². The van der Waals surface area contributed by atoms with E-state index in [0.717, 1.165) is 18.2 Å². The van der Waals surface area contributed by atoms with Gasteiger partial charge in [0, 0.05) is 37.6 Å². The number of nitrogens with two attached hydrogens (primary N) is 1. The van der Waals surface area contributed by atoms with Crippen molar-refractivity contribution in [3.63, 3.8) is 0 Å². The lowest BCUT2D eigenvalue weighted by Gasteiger charge is -2.31. The molecule has 1 aliphatic heterocycles. The summed E-state index contributed by atoms with van der Waals surface area (Å²) in [5.74, 6) is 0. The summed E-state index contributed by atoms with van der Waals surface area (Å²) < 4.78 is 6.00. The maximum absolute atomic E-state index is 11.2. The van der Waals surface area contributed by atoms with Crippen LogP contribution in [0.1, 0.15) is 12.8 Å². The molecular formula is C16H24BrN3O4Si. The van der Waals surface area contributed by atoms with Crippen molar-refractivity contribution in [3.05, 3.63) is 32.8 Å². The Balaban J connectivity index is 2.27. The summed E-state index contributed by atoms with van der Waals surface area (Å²) in [4.78, 5) is 23.9. The Labute approximate surface area is 156 Å². The second kappa shape index (κ2) is 7.73. The number of non-ortho nitro benzene ring substituents is 1. The number of carbonyl (C=O) groups is 1. The molecule has 1 aliphatic rings. The number of anilines is 1. The quantitative estimate of drug-likeness (QED) is 0.416. The minimum absolute atomic E-state index is 0.0250. The summed E-state index contributed by atoms with van der Waals surface area (Å²) in [6, 6.07) is 5.87. The van der Waals surface area contributed by atoms with Crippen molar-refractivity contribution in [1.29, 1.82) is 0 Å². The molecule has 1 saturated heterocycles. The molecule has 0 aliphatic carbocycles. The Morgan fingerprint density at radius 1 is 1.48 bits per heavy atom. The van der Waals surface area contributed by atoms with Crippen molar-refractivity contribution in [2.75, 3.05) is 11.4 Å². The zero-order valence-corrected chi connectivity index (χ0v) is 17.3. The monoisotopic (exact) mass is 429 g/mol. The lowest BCUT2D eigenvalue weighted by atomic mass is 10.1. The Morgan fingerprint density at radius 3 is 2.68 bits per heavy atom. The van der Waals surface area contributed by atoms with Gasteiger partial charge in [-0.15, -0.1) is 0 Å². The molecule has 0 spiro atoms. The van der Waals surface area contributed by atoms with Crippen LogP contribution in [0.15, 0.2) is 22.7 Å². The number of nitro benzene ring substituents is 1. The second-order valence-corrected chi connectivity index (χ2v) is 14.0. The minimum atomic E-state index is -1.26. The van der Waals surface area contributed by atoms with Crippen LogP contribution in [0.5, 0.6) is 0 Å². The van der Waals surface area contributed by atoms with Gasteiger partial charge in [0.25, 0.3) is 5.69 Å². The molecule has 1 fully saturated rings. The molecule has 0 saturated carbocycles. The number of hydrogen-bond acceptors (Lipinski definition) is 5. The smallest absolute Gasteiger partial charge is 0.404 e. The standard InChI is InChI=1S/C16H24BrN3O4Si/c1-25(2,3)9-7-14-15(24-16(18)21)6-8-19(14)13-5-4-11(20(22)23)10-12(13)17/h4-5,10,14-15H,6-9H2,1-3H3,(H2,18,21). The van der Waals surface area contributed by atoms with E-state index in [4.69, 9.17) is 10.5 Å². The van der Waals surface area contributed by atoms with E-state index in [2.05, 4.69) is 40.5 Å². The van der Waals surface area contributed by atoms with Crippen molar-refractivity contribution in [2.45, 2.75) is 50.7 Å². The van der Waals surface area contributed by atoms with E-state index in [9.17, 15) is 14.9 Å². The number of carbonyl (C=O) groups excluding carboxylic acids is 1. The fourth-order valence-corrected chi connectivity index (χ4v) is 4.93. The maximum Gasteiger partial charge on any atom is 0.404 e. The third-order valence-electron chi connectivity index (χ3n) is 4.39. The molecule has 2 N–H and O–H groups in total. The Morgan fingerprint density at radius 2 is 2.16 bits per heavy atom. The minimum Gasteiger partial charge on any atom is -0.444 e. The zero-order chi connectivity index (χ0) is 18.8. The van der Waals surface area contributed by atoms with Crippen LogP contribution in [0, 0.1) is 10.1 Å². The van der Waals surface area contributed by atoms with E-state index in [1.807, 2.05) is 0 Å². The first-order valence-corrected chi connectivity index (χ1v) is 12.7. The summed E-state index contributed by atoms with van der Waals surface area (Å²) in [6.45, 7) is 7.62. The molecule has 138 valence electrons. The van der Waals surface area contributed by atoms with E-state index < -0.39 is 19.1 Å². The van der Waals surface area contributed by atoms with E-state index in [0.29, 0.717) is 17.4 Å². The van der Waals surface area contributed by atoms with Crippen LogP contribution < -0.4 is 10.6 Å². The second-order valence-electron chi connectivity index (χ2n) is 7.52. The molecular weight excluding hydrogens is 406 g/mol. The van der Waals surface area contributed by atoms with Crippen LogP contribution in [0.25, 0.3) is 0 Å². The van der Waals surface area contributed by atoms with Gasteiger partial charge in [0.1, 0.15) is 6.10 Å². The number of rotatable bonds is 6. The third kappa shape index (κ3) is 5.18. The number of halogens is 1. The number of amides is 1. The van der Waals surface area contributed by atoms with Crippen LogP contribution in [0.3, 0.4) is 0 Å². The Bertz CT molecular complexity index is 665. The largest absolute Gasteiger partial charge is 0.444 e. The predicted molar refractivity (Wildman–Crippen MR) is 104 cm³/mol. The normalized spacial score (nSPS) is 20.6. The van der Waals surface area contributed by atoms with Crippen LogP contribution in [0.2, 0.25) is 25.7 Å². The summed E-state index contributed by atoms with van der Waals surface area (Å²) >= 11 is 3.44. The first kappa shape index (κ1) is 19.7. The third-order valence-corrected chi connectivity index (χ3v) is 6.82. The van der Waals surface area contributed by atoms with Gasteiger partial charge in [0.2, 0.25) is 0 Å². The van der Waals surface area contributed by atoms with Gasteiger partial charge >= 0.3 is 6.09 Å². The van der Waals surface area contributed by atoms with E-state index in [-0.39, 0.29) is 17.8 Å². The predicted octanol–water partition coefficient (Wildman–Crippen LogP) is 4.13. The van der Waals surface area contributed by atoms with Gasteiger partial charge in [-0.2, -0.15) is 0 Å². The summed E-state index contributed by atoms with van der Waals surface area (Å²) in [6.07, 6.45) is 0.586. The molecule has 2 unspecified atom stereocenters. The average molecular weight is 430 g/mol. The van der Waals surface area contributed by atoms with Gasteiger partial charge in [-0.25, -0.2) is 4.79 Å². The number of nitrogens with zero attached hydrogens (tertiary/aromatic N) is 2. The molecule has 0 radical (unpaired) electrons.